The Bertz CT molecular complexity index is 397. The minimum absolute atomic E-state index is 0.0158. The summed E-state index contributed by atoms with van der Waals surface area (Å²) in [6, 6.07) is 0. The van der Waals surface area contributed by atoms with E-state index in [9.17, 15) is 4.79 Å². The standard InChI is InChI=1S/C16H31NO3Si/c1-13(21(4,5)6)20-14(18)17-15(2,3)12-19-16(17)10-8-7-9-11-16/h13H,7-12H2,1-6H3. The second-order valence-corrected chi connectivity index (χ2v) is 13.9. The van der Waals surface area contributed by atoms with Crippen molar-refractivity contribution >= 4 is 14.2 Å². The maximum Gasteiger partial charge on any atom is 0.412 e. The van der Waals surface area contributed by atoms with Crippen LogP contribution in [0.5, 0.6) is 0 Å². The van der Waals surface area contributed by atoms with E-state index in [0.29, 0.717) is 6.61 Å². The molecule has 0 aromatic carbocycles. The highest BCUT2D eigenvalue weighted by Gasteiger charge is 2.55. The number of rotatable bonds is 2. The van der Waals surface area contributed by atoms with Gasteiger partial charge in [-0.25, -0.2) is 4.79 Å². The Balaban J connectivity index is 2.18. The molecule has 1 aliphatic carbocycles. The topological polar surface area (TPSA) is 38.8 Å². The van der Waals surface area contributed by atoms with Gasteiger partial charge < -0.3 is 9.47 Å². The molecule has 1 unspecified atom stereocenters. The molecule has 1 heterocycles. The van der Waals surface area contributed by atoms with E-state index in [1.165, 1.54) is 6.42 Å². The molecule has 1 aliphatic heterocycles. The zero-order chi connectivity index (χ0) is 15.9. The van der Waals surface area contributed by atoms with Crippen molar-refractivity contribution in [1.29, 1.82) is 0 Å². The third-order valence-corrected chi connectivity index (χ3v) is 7.58. The summed E-state index contributed by atoms with van der Waals surface area (Å²) in [6.07, 6.45) is 5.18. The van der Waals surface area contributed by atoms with Crippen molar-refractivity contribution in [2.45, 2.75) is 89.5 Å². The molecule has 4 nitrogen and oxygen atoms in total. The lowest BCUT2D eigenvalue weighted by Crippen LogP contribution is -2.57. The Kier molecular flexibility index (Phi) is 4.46. The van der Waals surface area contributed by atoms with Crippen LogP contribution in [0.25, 0.3) is 0 Å². The average Bonchev–Trinajstić information content (AvgIpc) is 2.60. The summed E-state index contributed by atoms with van der Waals surface area (Å²) in [5, 5.41) is 0. The third kappa shape index (κ3) is 3.29. The molecule has 122 valence electrons. The van der Waals surface area contributed by atoms with Crippen molar-refractivity contribution in [3.63, 3.8) is 0 Å². The van der Waals surface area contributed by atoms with Crippen LogP contribution in [0.4, 0.5) is 4.79 Å². The van der Waals surface area contributed by atoms with Crippen LogP contribution in [0.3, 0.4) is 0 Å². The van der Waals surface area contributed by atoms with Gasteiger partial charge in [-0.05, 0) is 46.5 Å². The number of ether oxygens (including phenoxy) is 2. The molecule has 5 heteroatoms. The van der Waals surface area contributed by atoms with Gasteiger partial charge in [0.1, 0.15) is 5.72 Å². The fourth-order valence-electron chi connectivity index (χ4n) is 3.26. The van der Waals surface area contributed by atoms with Crippen molar-refractivity contribution in [3.05, 3.63) is 0 Å². The lowest BCUT2D eigenvalue weighted by Gasteiger charge is -2.44. The van der Waals surface area contributed by atoms with Crippen LogP contribution in [0.15, 0.2) is 0 Å². The Morgan fingerprint density at radius 1 is 1.19 bits per heavy atom. The SMILES string of the molecule is CC(OC(=O)N1C(C)(C)COC12CCCCC2)[Si](C)(C)C. The minimum Gasteiger partial charge on any atom is -0.450 e. The molecule has 2 aliphatic rings. The van der Waals surface area contributed by atoms with Crippen molar-refractivity contribution in [3.8, 4) is 0 Å². The monoisotopic (exact) mass is 313 g/mol. The van der Waals surface area contributed by atoms with Crippen molar-refractivity contribution < 1.29 is 14.3 Å². The Labute approximate surface area is 130 Å². The zero-order valence-corrected chi connectivity index (χ0v) is 15.5. The van der Waals surface area contributed by atoms with Gasteiger partial charge >= 0.3 is 6.09 Å². The molecule has 1 atom stereocenters. The van der Waals surface area contributed by atoms with Crippen LogP contribution >= 0.6 is 0 Å². The minimum atomic E-state index is -1.49. The van der Waals surface area contributed by atoms with Crippen LogP contribution in [0, 0.1) is 0 Å². The van der Waals surface area contributed by atoms with Gasteiger partial charge in [-0.3, -0.25) is 4.90 Å². The highest BCUT2D eigenvalue weighted by atomic mass is 28.3. The Morgan fingerprint density at radius 2 is 1.76 bits per heavy atom. The Morgan fingerprint density at radius 3 is 2.29 bits per heavy atom. The number of carbonyl (C=O) groups excluding carboxylic acids is 1. The van der Waals surface area contributed by atoms with Crippen LogP contribution in [-0.4, -0.2) is 42.7 Å². The van der Waals surface area contributed by atoms with Crippen LogP contribution in [0.2, 0.25) is 19.6 Å². The maximum atomic E-state index is 12.8. The quantitative estimate of drug-likeness (QED) is 0.719. The summed E-state index contributed by atoms with van der Waals surface area (Å²) >= 11 is 0. The summed E-state index contributed by atoms with van der Waals surface area (Å²) in [6.45, 7) is 13.5. The molecule has 1 amide bonds. The van der Waals surface area contributed by atoms with Gasteiger partial charge in [0.25, 0.3) is 0 Å². The van der Waals surface area contributed by atoms with Crippen molar-refractivity contribution in [2.75, 3.05) is 6.61 Å². The summed E-state index contributed by atoms with van der Waals surface area (Å²) < 4.78 is 12.0. The third-order valence-electron chi connectivity index (χ3n) is 5.02. The number of amides is 1. The van der Waals surface area contributed by atoms with E-state index in [1.54, 1.807) is 0 Å². The van der Waals surface area contributed by atoms with Gasteiger partial charge in [0.15, 0.2) is 0 Å². The smallest absolute Gasteiger partial charge is 0.412 e. The molecule has 2 fully saturated rings. The highest BCUT2D eigenvalue weighted by molar-refractivity contribution is 6.77. The van der Waals surface area contributed by atoms with Crippen molar-refractivity contribution in [1.82, 2.24) is 4.90 Å². The summed E-state index contributed by atoms with van der Waals surface area (Å²) in [5.41, 5.74) is -0.687. The van der Waals surface area contributed by atoms with Gasteiger partial charge in [-0.15, -0.1) is 0 Å². The average molecular weight is 314 g/mol. The first-order valence-electron chi connectivity index (χ1n) is 8.23. The Hall–Kier alpha value is -0.553. The van der Waals surface area contributed by atoms with Crippen molar-refractivity contribution in [2.24, 2.45) is 0 Å². The van der Waals surface area contributed by atoms with E-state index in [2.05, 4.69) is 33.5 Å². The van der Waals surface area contributed by atoms with Gasteiger partial charge in [-0.1, -0.05) is 26.1 Å². The number of carbonyl (C=O) groups is 1. The molecule has 2 rings (SSSR count). The molecule has 0 aromatic heterocycles. The molecular formula is C16H31NO3Si. The van der Waals surface area contributed by atoms with Gasteiger partial charge in [0, 0.05) is 0 Å². The van der Waals surface area contributed by atoms with Gasteiger partial charge in [0.2, 0.25) is 0 Å². The largest absolute Gasteiger partial charge is 0.450 e. The van der Waals surface area contributed by atoms with E-state index < -0.39 is 13.8 Å². The molecule has 0 aromatic rings. The first-order valence-corrected chi connectivity index (χ1v) is 11.8. The maximum absolute atomic E-state index is 12.8. The fourth-order valence-corrected chi connectivity index (χ4v) is 3.71. The molecule has 1 spiro atoms. The van der Waals surface area contributed by atoms with Gasteiger partial charge in [0.05, 0.1) is 25.9 Å². The molecule has 0 N–H and O–H groups in total. The lowest BCUT2D eigenvalue weighted by atomic mass is 9.89. The predicted molar refractivity (Wildman–Crippen MR) is 87.0 cm³/mol. The lowest BCUT2D eigenvalue weighted by molar-refractivity contribution is -0.105. The van der Waals surface area contributed by atoms with Crippen LogP contribution in [0.1, 0.15) is 52.9 Å². The molecule has 0 bridgehead atoms. The molecule has 1 saturated carbocycles. The molecule has 0 radical (unpaired) electrons. The van der Waals surface area contributed by atoms with E-state index in [-0.39, 0.29) is 17.4 Å². The summed E-state index contributed by atoms with van der Waals surface area (Å²) in [7, 11) is -1.49. The van der Waals surface area contributed by atoms with E-state index in [4.69, 9.17) is 9.47 Å². The van der Waals surface area contributed by atoms with E-state index in [0.717, 1.165) is 25.7 Å². The summed E-state index contributed by atoms with van der Waals surface area (Å²) in [4.78, 5) is 14.7. The number of nitrogens with zero attached hydrogens (tertiary/aromatic N) is 1. The molecule has 1 saturated heterocycles. The number of hydrogen-bond donors (Lipinski definition) is 0. The second kappa shape index (κ2) is 5.58. The second-order valence-electron chi connectivity index (χ2n) is 8.34. The molecular weight excluding hydrogens is 282 g/mol. The van der Waals surface area contributed by atoms with Gasteiger partial charge in [-0.2, -0.15) is 0 Å². The van der Waals surface area contributed by atoms with E-state index in [1.807, 2.05) is 11.8 Å². The highest BCUT2D eigenvalue weighted by Crippen LogP contribution is 2.44. The first-order chi connectivity index (χ1) is 9.58. The predicted octanol–water partition coefficient (Wildman–Crippen LogP) is 4.16. The normalized spacial score (nSPS) is 25.9. The summed E-state index contributed by atoms with van der Waals surface area (Å²) in [5.74, 6) is 0. The fraction of sp³-hybridized carbons (Fsp3) is 0.938. The molecule has 21 heavy (non-hydrogen) atoms. The zero-order valence-electron chi connectivity index (χ0n) is 14.5. The van der Waals surface area contributed by atoms with E-state index >= 15 is 0 Å². The van der Waals surface area contributed by atoms with Crippen LogP contribution < -0.4 is 0 Å². The van der Waals surface area contributed by atoms with Crippen LogP contribution in [-0.2, 0) is 9.47 Å². The first kappa shape index (κ1) is 16.8. The number of hydrogen-bond acceptors (Lipinski definition) is 3.